The zero-order chi connectivity index (χ0) is 23.7. The molecule has 1 aliphatic rings. The number of carbonyl (C=O) groups excluding carboxylic acids is 1. The second-order valence-electron chi connectivity index (χ2n) is 7.95. The summed E-state index contributed by atoms with van der Waals surface area (Å²) in [6.07, 6.45) is 3.71. The highest BCUT2D eigenvalue weighted by Gasteiger charge is 2.30. The van der Waals surface area contributed by atoms with Crippen LogP contribution in [0.15, 0.2) is 42.5 Å². The highest BCUT2D eigenvalue weighted by atomic mass is 19.1. The normalized spacial score (nSPS) is 18.1. The highest BCUT2D eigenvalue weighted by molar-refractivity contribution is 6.03. The van der Waals surface area contributed by atoms with Gasteiger partial charge in [-0.2, -0.15) is 10.4 Å². The van der Waals surface area contributed by atoms with Crippen LogP contribution in [0.25, 0.3) is 11.3 Å². The molecule has 10 heteroatoms. The number of likely N-dealkylation sites (tertiary alicyclic amines) is 1. The van der Waals surface area contributed by atoms with E-state index in [0.29, 0.717) is 23.6 Å². The van der Waals surface area contributed by atoms with E-state index < -0.39 is 17.5 Å². The van der Waals surface area contributed by atoms with Gasteiger partial charge < -0.3 is 21.1 Å². The maximum absolute atomic E-state index is 13.9. The second kappa shape index (κ2) is 8.78. The molecule has 1 fully saturated rings. The topological polar surface area (TPSA) is 123 Å². The number of aromatic nitrogens is 2. The second-order valence-corrected chi connectivity index (χ2v) is 7.95. The van der Waals surface area contributed by atoms with Gasteiger partial charge in [-0.3, -0.25) is 4.79 Å². The van der Waals surface area contributed by atoms with Gasteiger partial charge in [0.2, 0.25) is 0 Å². The number of halogens is 2. The summed E-state index contributed by atoms with van der Waals surface area (Å²) < 4.78 is 34.0. The molecule has 1 saturated heterocycles. The van der Waals surface area contributed by atoms with Crippen molar-refractivity contribution in [3.8, 4) is 28.9 Å². The number of hydrogen-bond donors (Lipinski definition) is 2. The van der Waals surface area contributed by atoms with E-state index in [4.69, 9.17) is 16.2 Å². The van der Waals surface area contributed by atoms with Crippen LogP contribution in [0.3, 0.4) is 0 Å². The number of carbonyl (C=O) groups is 1. The van der Waals surface area contributed by atoms with Crippen LogP contribution in [-0.4, -0.2) is 33.2 Å². The molecule has 1 aliphatic heterocycles. The first kappa shape index (κ1) is 22.1. The van der Waals surface area contributed by atoms with Crippen LogP contribution < -0.4 is 16.2 Å². The van der Waals surface area contributed by atoms with E-state index in [9.17, 15) is 18.8 Å². The number of benzene rings is 2. The number of piperidine rings is 1. The average Bonchev–Trinajstić information content (AvgIpc) is 3.14. The summed E-state index contributed by atoms with van der Waals surface area (Å²) in [6, 6.07) is 9.38. The summed E-state index contributed by atoms with van der Waals surface area (Å²) in [6.45, 7) is 2.41. The summed E-state index contributed by atoms with van der Waals surface area (Å²) >= 11 is 0. The van der Waals surface area contributed by atoms with E-state index in [2.05, 4.69) is 11.3 Å². The molecule has 4 rings (SSSR count). The van der Waals surface area contributed by atoms with E-state index in [1.807, 2.05) is 6.92 Å². The van der Waals surface area contributed by atoms with Gasteiger partial charge in [0.15, 0.2) is 17.8 Å². The Morgan fingerprint density at radius 2 is 1.94 bits per heavy atom. The number of ether oxygens (including phenoxy) is 1. The van der Waals surface area contributed by atoms with Crippen LogP contribution in [-0.2, 0) is 0 Å². The van der Waals surface area contributed by atoms with Gasteiger partial charge in [-0.25, -0.2) is 13.5 Å². The molecule has 2 atom stereocenters. The minimum Gasteiger partial charge on any atom is -0.454 e. The summed E-state index contributed by atoms with van der Waals surface area (Å²) in [4.78, 5) is 13.9. The van der Waals surface area contributed by atoms with Crippen LogP contribution in [0.2, 0.25) is 0 Å². The molecular weight excluding hydrogens is 430 g/mol. The van der Waals surface area contributed by atoms with Crippen molar-refractivity contribution in [1.29, 1.82) is 5.26 Å². The fraction of sp³-hybridized carbons (Fsp3) is 0.261. The Balaban J connectivity index is 1.64. The fourth-order valence-electron chi connectivity index (χ4n) is 3.96. The van der Waals surface area contributed by atoms with Crippen molar-refractivity contribution in [2.45, 2.75) is 31.8 Å². The quantitative estimate of drug-likeness (QED) is 0.568. The Morgan fingerprint density at radius 1 is 1.21 bits per heavy atom. The van der Waals surface area contributed by atoms with Gasteiger partial charge >= 0.3 is 0 Å². The first-order valence-corrected chi connectivity index (χ1v) is 10.4. The number of rotatable bonds is 5. The molecule has 2 heterocycles. The lowest BCUT2D eigenvalue weighted by Gasteiger charge is -2.34. The number of amides is 1. The fourth-order valence-corrected chi connectivity index (χ4v) is 3.96. The van der Waals surface area contributed by atoms with E-state index in [0.717, 1.165) is 25.0 Å². The molecule has 0 aliphatic carbocycles. The van der Waals surface area contributed by atoms with E-state index in [-0.39, 0.29) is 29.2 Å². The van der Waals surface area contributed by atoms with Gasteiger partial charge in [0.1, 0.15) is 28.6 Å². The zero-order valence-electron chi connectivity index (χ0n) is 17.8. The number of nitrogen functional groups attached to an aromatic ring is 1. The van der Waals surface area contributed by atoms with Crippen LogP contribution in [0.1, 0.15) is 36.2 Å². The summed E-state index contributed by atoms with van der Waals surface area (Å²) in [5.74, 6) is -1.91. The Morgan fingerprint density at radius 3 is 2.58 bits per heavy atom. The number of hydrogen-bond acceptors (Lipinski definition) is 6. The van der Waals surface area contributed by atoms with Crippen LogP contribution in [0.4, 0.5) is 14.6 Å². The number of primary amides is 1. The molecule has 1 aromatic heterocycles. The Kier molecular flexibility index (Phi) is 5.87. The van der Waals surface area contributed by atoms with Crippen molar-refractivity contribution in [2.75, 3.05) is 12.3 Å². The molecule has 33 heavy (non-hydrogen) atoms. The molecule has 0 radical (unpaired) electrons. The maximum Gasteiger partial charge on any atom is 0.254 e. The Hall–Kier alpha value is -4.13. The van der Waals surface area contributed by atoms with Gasteiger partial charge in [-0.15, -0.1) is 0 Å². The number of anilines is 1. The molecule has 8 nitrogen and oxygen atoms in total. The average molecular weight is 452 g/mol. The third-order valence-corrected chi connectivity index (χ3v) is 5.77. The third-order valence-electron chi connectivity index (χ3n) is 5.77. The van der Waals surface area contributed by atoms with E-state index in [1.54, 1.807) is 33.8 Å². The van der Waals surface area contributed by atoms with Crippen molar-refractivity contribution in [3.63, 3.8) is 0 Å². The van der Waals surface area contributed by atoms with Crippen molar-refractivity contribution >= 4 is 11.7 Å². The smallest absolute Gasteiger partial charge is 0.254 e. The van der Waals surface area contributed by atoms with E-state index >= 15 is 0 Å². The monoisotopic (exact) mass is 452 g/mol. The van der Waals surface area contributed by atoms with Gasteiger partial charge in [0.25, 0.3) is 5.91 Å². The third kappa shape index (κ3) is 4.30. The maximum atomic E-state index is 13.9. The predicted octanol–water partition coefficient (Wildman–Crippen LogP) is 3.81. The first-order chi connectivity index (χ1) is 15.8. The minimum absolute atomic E-state index is 0.0929. The van der Waals surface area contributed by atoms with Gasteiger partial charge in [-0.05, 0) is 56.2 Å². The van der Waals surface area contributed by atoms with Gasteiger partial charge in [0, 0.05) is 17.7 Å². The highest BCUT2D eigenvalue weighted by Crippen LogP contribution is 2.34. The van der Waals surface area contributed by atoms with Crippen LogP contribution in [0, 0.1) is 23.1 Å². The minimum atomic E-state index is -0.824. The molecule has 1 amide bonds. The Labute approximate surface area is 189 Å². The molecule has 0 bridgehead atoms. The van der Waals surface area contributed by atoms with Crippen molar-refractivity contribution in [2.24, 2.45) is 5.73 Å². The van der Waals surface area contributed by atoms with Crippen LogP contribution >= 0.6 is 0 Å². The molecular formula is C23H22F2N6O2. The molecule has 3 aromatic rings. The van der Waals surface area contributed by atoms with Crippen molar-refractivity contribution < 1.29 is 18.3 Å². The standard InChI is InChI=1S/C23H22F2N6O2/c1-13-2-6-16(11-30(13)12-26)31-22(27)20(23(28)32)21(29-31)14-3-7-17(8-4-14)33-19-9-5-15(24)10-18(19)25/h3-5,7-10,13,16H,2,6,11,27H2,1H3,(H2,28,32)/t13-,16+/m1/s1. The largest absolute Gasteiger partial charge is 0.454 e. The van der Waals surface area contributed by atoms with E-state index in [1.165, 1.54) is 6.07 Å². The van der Waals surface area contributed by atoms with Crippen molar-refractivity contribution in [1.82, 2.24) is 14.7 Å². The first-order valence-electron chi connectivity index (χ1n) is 10.4. The summed E-state index contributed by atoms with van der Waals surface area (Å²) in [5.41, 5.74) is 12.8. The van der Waals surface area contributed by atoms with Gasteiger partial charge in [0.05, 0.1) is 12.6 Å². The summed E-state index contributed by atoms with van der Waals surface area (Å²) in [5, 5.41) is 13.9. The lowest BCUT2D eigenvalue weighted by atomic mass is 10.00. The molecule has 2 aromatic carbocycles. The molecule has 170 valence electrons. The number of nitriles is 1. The molecule has 4 N–H and O–H groups in total. The van der Waals surface area contributed by atoms with Crippen molar-refractivity contribution in [3.05, 3.63) is 59.7 Å². The molecule has 0 unspecified atom stereocenters. The lowest BCUT2D eigenvalue weighted by molar-refractivity contribution is 0.100. The lowest BCUT2D eigenvalue weighted by Crippen LogP contribution is -2.39. The predicted molar refractivity (Wildman–Crippen MR) is 117 cm³/mol. The molecule has 0 saturated carbocycles. The zero-order valence-corrected chi connectivity index (χ0v) is 17.8. The Bertz CT molecular complexity index is 1230. The SMILES string of the molecule is C[C@@H]1CC[C@H](n2nc(-c3ccc(Oc4ccc(F)cc4F)cc3)c(C(N)=O)c2N)CN1C#N. The summed E-state index contributed by atoms with van der Waals surface area (Å²) in [7, 11) is 0. The number of nitrogens with zero attached hydrogens (tertiary/aromatic N) is 4. The van der Waals surface area contributed by atoms with Crippen LogP contribution in [0.5, 0.6) is 11.5 Å². The molecule has 0 spiro atoms. The van der Waals surface area contributed by atoms with Gasteiger partial charge in [-0.1, -0.05) is 0 Å². The number of nitrogens with two attached hydrogens (primary N) is 2.